The van der Waals surface area contributed by atoms with Crippen LogP contribution < -0.4 is 10.6 Å². The molecule has 116 valence electrons. The monoisotopic (exact) mass is 292 g/mol. The van der Waals surface area contributed by atoms with Gasteiger partial charge in [-0.15, -0.1) is 0 Å². The van der Waals surface area contributed by atoms with Crippen molar-refractivity contribution in [3.05, 3.63) is 28.8 Å². The Balaban J connectivity index is 1.98. The highest BCUT2D eigenvalue weighted by Crippen LogP contribution is 2.45. The number of hydrogen-bond acceptors (Lipinski definition) is 4. The fraction of sp³-hybridized carbons (Fsp3) is 0.562. The summed E-state index contributed by atoms with van der Waals surface area (Å²) < 4.78 is 4.89. The van der Waals surface area contributed by atoms with Gasteiger partial charge in [-0.1, -0.05) is 13.0 Å². The van der Waals surface area contributed by atoms with E-state index in [0.717, 1.165) is 12.0 Å². The van der Waals surface area contributed by atoms with E-state index in [1.807, 2.05) is 6.07 Å². The Hall–Kier alpha value is -1.59. The van der Waals surface area contributed by atoms with E-state index in [4.69, 9.17) is 4.74 Å². The highest BCUT2D eigenvalue weighted by Gasteiger charge is 2.32. The second-order valence-corrected chi connectivity index (χ2v) is 5.64. The molecule has 0 bridgehead atoms. The molecule has 2 rings (SSSR count). The minimum atomic E-state index is -0.0553. The average Bonchev–Trinajstić information content (AvgIpc) is 2.79. The summed E-state index contributed by atoms with van der Waals surface area (Å²) in [6, 6.07) is 3.72. The number of phenolic OH excluding ortho intramolecular Hbond substituents is 1. The molecule has 21 heavy (non-hydrogen) atoms. The maximum absolute atomic E-state index is 11.7. The van der Waals surface area contributed by atoms with Gasteiger partial charge in [-0.25, -0.2) is 0 Å². The van der Waals surface area contributed by atoms with Crippen LogP contribution in [0.4, 0.5) is 0 Å². The van der Waals surface area contributed by atoms with Gasteiger partial charge < -0.3 is 20.5 Å². The Bertz CT molecular complexity index is 516. The predicted octanol–water partition coefficient (Wildman–Crippen LogP) is 1.60. The molecule has 3 N–H and O–H groups in total. The van der Waals surface area contributed by atoms with E-state index in [1.165, 1.54) is 11.1 Å². The van der Waals surface area contributed by atoms with Crippen molar-refractivity contribution >= 4 is 5.91 Å². The topological polar surface area (TPSA) is 70.6 Å². The van der Waals surface area contributed by atoms with E-state index in [-0.39, 0.29) is 18.5 Å². The fourth-order valence-corrected chi connectivity index (χ4v) is 3.10. The number of aryl methyl sites for hydroxylation is 1. The van der Waals surface area contributed by atoms with Gasteiger partial charge >= 0.3 is 0 Å². The van der Waals surface area contributed by atoms with Crippen LogP contribution in [0, 0.1) is 6.92 Å². The summed E-state index contributed by atoms with van der Waals surface area (Å²) in [5.41, 5.74) is 3.36. The lowest BCUT2D eigenvalue weighted by Gasteiger charge is -2.15. The minimum Gasteiger partial charge on any atom is -0.508 e. The van der Waals surface area contributed by atoms with Crippen molar-refractivity contribution in [2.24, 2.45) is 0 Å². The zero-order chi connectivity index (χ0) is 15.4. The van der Waals surface area contributed by atoms with Gasteiger partial charge in [-0.2, -0.15) is 0 Å². The van der Waals surface area contributed by atoms with E-state index in [2.05, 4.69) is 24.5 Å². The molecule has 0 heterocycles. The predicted molar refractivity (Wildman–Crippen MR) is 81.5 cm³/mol. The zero-order valence-electron chi connectivity index (χ0n) is 12.9. The fourth-order valence-electron chi connectivity index (χ4n) is 3.10. The SMILES string of the molecule is COCCNC(=O)CNC1CC(C)c2c(C)ccc(O)c21. The van der Waals surface area contributed by atoms with Crippen molar-refractivity contribution in [2.45, 2.75) is 32.2 Å². The molecule has 0 radical (unpaired) electrons. The standard InChI is InChI=1S/C16H24N2O3/c1-10-4-5-13(19)16-12(8-11(2)15(10)16)18-9-14(20)17-6-7-21-3/h4-5,11-12,18-19H,6-9H2,1-3H3,(H,17,20). The largest absolute Gasteiger partial charge is 0.508 e. The van der Waals surface area contributed by atoms with Crippen LogP contribution in [0.15, 0.2) is 12.1 Å². The summed E-state index contributed by atoms with van der Waals surface area (Å²) in [6.07, 6.45) is 0.902. The number of fused-ring (bicyclic) bond motifs is 1. The van der Waals surface area contributed by atoms with Crippen LogP contribution in [0.25, 0.3) is 0 Å². The third-order valence-corrected chi connectivity index (χ3v) is 4.05. The second kappa shape index (κ2) is 6.91. The van der Waals surface area contributed by atoms with Crippen LogP contribution in [0.5, 0.6) is 5.75 Å². The number of ether oxygens (including phenoxy) is 1. The molecule has 0 aromatic heterocycles. The van der Waals surface area contributed by atoms with Crippen molar-refractivity contribution in [1.29, 1.82) is 0 Å². The average molecular weight is 292 g/mol. The number of rotatable bonds is 6. The lowest BCUT2D eigenvalue weighted by Crippen LogP contribution is -2.36. The second-order valence-electron chi connectivity index (χ2n) is 5.64. The highest BCUT2D eigenvalue weighted by molar-refractivity contribution is 5.78. The first-order chi connectivity index (χ1) is 10.0. The van der Waals surface area contributed by atoms with Gasteiger partial charge in [-0.05, 0) is 36.5 Å². The van der Waals surface area contributed by atoms with Gasteiger partial charge in [-0.3, -0.25) is 4.79 Å². The summed E-state index contributed by atoms with van der Waals surface area (Å²) in [6.45, 7) is 5.49. The summed E-state index contributed by atoms with van der Waals surface area (Å²) >= 11 is 0. The Morgan fingerprint density at radius 1 is 1.43 bits per heavy atom. The minimum absolute atomic E-state index is 0.0306. The van der Waals surface area contributed by atoms with Crippen LogP contribution in [-0.4, -0.2) is 37.8 Å². The molecule has 5 nitrogen and oxygen atoms in total. The summed E-state index contributed by atoms with van der Waals surface area (Å²) in [7, 11) is 1.60. The number of nitrogens with one attached hydrogen (secondary N) is 2. The van der Waals surface area contributed by atoms with E-state index in [0.29, 0.717) is 24.8 Å². The molecule has 0 fully saturated rings. The molecule has 0 saturated carbocycles. The smallest absolute Gasteiger partial charge is 0.234 e. The first-order valence-electron chi connectivity index (χ1n) is 7.36. The van der Waals surface area contributed by atoms with Gasteiger partial charge in [0, 0.05) is 25.3 Å². The van der Waals surface area contributed by atoms with Crippen LogP contribution in [0.2, 0.25) is 0 Å². The molecule has 1 amide bonds. The molecule has 0 aliphatic heterocycles. The number of phenols is 1. The Labute approximate surface area is 125 Å². The molecular weight excluding hydrogens is 268 g/mol. The van der Waals surface area contributed by atoms with Gasteiger partial charge in [0.15, 0.2) is 0 Å². The maximum Gasteiger partial charge on any atom is 0.234 e. The third-order valence-electron chi connectivity index (χ3n) is 4.05. The van der Waals surface area contributed by atoms with Crippen molar-refractivity contribution < 1.29 is 14.6 Å². The lowest BCUT2D eigenvalue weighted by molar-refractivity contribution is -0.120. The van der Waals surface area contributed by atoms with E-state index in [1.54, 1.807) is 13.2 Å². The normalized spacial score (nSPS) is 20.3. The van der Waals surface area contributed by atoms with Crippen LogP contribution in [0.3, 0.4) is 0 Å². The summed E-state index contributed by atoms with van der Waals surface area (Å²) in [5.74, 6) is 0.652. The Morgan fingerprint density at radius 2 is 2.19 bits per heavy atom. The Morgan fingerprint density at radius 3 is 2.90 bits per heavy atom. The Kier molecular flexibility index (Phi) is 5.20. The van der Waals surface area contributed by atoms with Gasteiger partial charge in [0.1, 0.15) is 5.75 Å². The molecule has 2 atom stereocenters. The van der Waals surface area contributed by atoms with Gasteiger partial charge in [0.05, 0.1) is 13.2 Å². The zero-order valence-corrected chi connectivity index (χ0v) is 12.9. The van der Waals surface area contributed by atoms with Crippen LogP contribution >= 0.6 is 0 Å². The van der Waals surface area contributed by atoms with E-state index < -0.39 is 0 Å². The molecule has 1 aliphatic carbocycles. The number of hydrogen-bond donors (Lipinski definition) is 3. The number of aromatic hydroxyl groups is 1. The quantitative estimate of drug-likeness (QED) is 0.697. The number of carbonyl (C=O) groups excluding carboxylic acids is 1. The molecule has 0 spiro atoms. The van der Waals surface area contributed by atoms with E-state index >= 15 is 0 Å². The first kappa shape index (κ1) is 15.8. The number of carbonyl (C=O) groups is 1. The lowest BCUT2D eigenvalue weighted by atomic mass is 9.97. The van der Waals surface area contributed by atoms with Crippen molar-refractivity contribution in [3.8, 4) is 5.75 Å². The summed E-state index contributed by atoms with van der Waals surface area (Å²) in [5, 5.41) is 16.2. The molecule has 1 aromatic rings. The van der Waals surface area contributed by atoms with Gasteiger partial charge in [0.25, 0.3) is 0 Å². The number of methoxy groups -OCH3 is 1. The molecule has 0 saturated heterocycles. The maximum atomic E-state index is 11.7. The molecular formula is C16H24N2O3. The van der Waals surface area contributed by atoms with Crippen molar-refractivity contribution in [3.63, 3.8) is 0 Å². The van der Waals surface area contributed by atoms with Crippen molar-refractivity contribution in [1.82, 2.24) is 10.6 Å². The highest BCUT2D eigenvalue weighted by atomic mass is 16.5. The summed E-state index contributed by atoms with van der Waals surface area (Å²) in [4.78, 5) is 11.7. The molecule has 1 aromatic carbocycles. The molecule has 5 heteroatoms. The van der Waals surface area contributed by atoms with Crippen LogP contribution in [-0.2, 0) is 9.53 Å². The van der Waals surface area contributed by atoms with E-state index in [9.17, 15) is 9.90 Å². The van der Waals surface area contributed by atoms with Crippen molar-refractivity contribution in [2.75, 3.05) is 26.8 Å². The molecule has 2 unspecified atom stereocenters. The third kappa shape index (κ3) is 3.54. The molecule has 1 aliphatic rings. The number of benzene rings is 1. The van der Waals surface area contributed by atoms with Crippen LogP contribution in [0.1, 0.15) is 42.0 Å². The first-order valence-corrected chi connectivity index (χ1v) is 7.36. The number of amides is 1. The van der Waals surface area contributed by atoms with Gasteiger partial charge in [0.2, 0.25) is 5.91 Å².